The summed E-state index contributed by atoms with van der Waals surface area (Å²) in [5.74, 6) is 2.93. The molecule has 0 saturated carbocycles. The molecule has 0 unspecified atom stereocenters. The molecular formula is C22H29IN4O2. The molecule has 0 bridgehead atoms. The summed E-state index contributed by atoms with van der Waals surface area (Å²) in [6, 6.07) is 11.8. The van der Waals surface area contributed by atoms with Gasteiger partial charge in [0.2, 0.25) is 5.88 Å². The summed E-state index contributed by atoms with van der Waals surface area (Å²) in [6.07, 6.45) is 8.23. The summed E-state index contributed by atoms with van der Waals surface area (Å²) in [7, 11) is 0. The lowest BCUT2D eigenvalue weighted by Gasteiger charge is -2.16. The van der Waals surface area contributed by atoms with E-state index < -0.39 is 0 Å². The molecule has 1 aliphatic carbocycles. The normalized spacial score (nSPS) is 13.7. The SMILES string of the molecule is CCNC(=NCc1ccnc(Oc2ccc(OCC)cc2)c1)NC1CC=CC1.I. The van der Waals surface area contributed by atoms with Gasteiger partial charge in [-0.3, -0.25) is 0 Å². The number of aliphatic imine (C=N–C) groups is 1. The number of rotatable bonds is 8. The minimum Gasteiger partial charge on any atom is -0.494 e. The minimum absolute atomic E-state index is 0. The summed E-state index contributed by atoms with van der Waals surface area (Å²) in [6.45, 7) is 6.06. The molecule has 156 valence electrons. The number of benzene rings is 1. The van der Waals surface area contributed by atoms with E-state index in [1.807, 2.05) is 43.3 Å². The van der Waals surface area contributed by atoms with E-state index in [9.17, 15) is 0 Å². The van der Waals surface area contributed by atoms with Crippen molar-refractivity contribution in [1.29, 1.82) is 0 Å². The molecule has 0 spiro atoms. The molecule has 1 aromatic carbocycles. The predicted octanol–water partition coefficient (Wildman–Crippen LogP) is 4.66. The van der Waals surface area contributed by atoms with Crippen LogP contribution >= 0.6 is 24.0 Å². The van der Waals surface area contributed by atoms with Crippen LogP contribution in [0.2, 0.25) is 0 Å². The molecule has 2 N–H and O–H groups in total. The Labute approximate surface area is 189 Å². The average Bonchev–Trinajstić information content (AvgIpc) is 3.22. The van der Waals surface area contributed by atoms with E-state index in [0.29, 0.717) is 25.1 Å². The van der Waals surface area contributed by atoms with Gasteiger partial charge < -0.3 is 20.1 Å². The third kappa shape index (κ3) is 7.56. The molecule has 1 aromatic heterocycles. The van der Waals surface area contributed by atoms with Gasteiger partial charge in [-0.15, -0.1) is 24.0 Å². The highest BCUT2D eigenvalue weighted by molar-refractivity contribution is 14.0. The first-order valence-corrected chi connectivity index (χ1v) is 9.82. The van der Waals surface area contributed by atoms with Crippen molar-refractivity contribution in [3.05, 3.63) is 60.3 Å². The van der Waals surface area contributed by atoms with Crippen molar-refractivity contribution in [1.82, 2.24) is 15.6 Å². The fourth-order valence-corrected chi connectivity index (χ4v) is 2.91. The van der Waals surface area contributed by atoms with E-state index in [1.54, 1.807) is 6.20 Å². The van der Waals surface area contributed by atoms with Crippen LogP contribution < -0.4 is 20.1 Å². The number of ether oxygens (including phenoxy) is 2. The van der Waals surface area contributed by atoms with Crippen LogP contribution in [0.25, 0.3) is 0 Å². The van der Waals surface area contributed by atoms with E-state index in [1.165, 1.54) is 0 Å². The van der Waals surface area contributed by atoms with Crippen molar-refractivity contribution >= 4 is 29.9 Å². The first kappa shape index (κ1) is 23.0. The average molecular weight is 508 g/mol. The second-order valence-electron chi connectivity index (χ2n) is 6.49. The first-order chi connectivity index (χ1) is 13.8. The van der Waals surface area contributed by atoms with E-state index in [2.05, 4.69) is 34.7 Å². The minimum atomic E-state index is 0. The zero-order valence-corrected chi connectivity index (χ0v) is 19.3. The van der Waals surface area contributed by atoms with E-state index >= 15 is 0 Å². The standard InChI is InChI=1S/C22H28N4O2.HI/c1-3-23-22(26-18-7-5-6-8-18)25-16-17-13-14-24-21(15-17)28-20-11-9-19(10-12-20)27-4-2;/h5-6,9-15,18H,3-4,7-8,16H2,1-2H3,(H2,23,25,26);1H. The summed E-state index contributed by atoms with van der Waals surface area (Å²) < 4.78 is 11.3. The van der Waals surface area contributed by atoms with Gasteiger partial charge in [0, 0.05) is 24.8 Å². The van der Waals surface area contributed by atoms with Crippen LogP contribution in [0.3, 0.4) is 0 Å². The number of aromatic nitrogens is 1. The Morgan fingerprint density at radius 3 is 2.52 bits per heavy atom. The highest BCUT2D eigenvalue weighted by Crippen LogP contribution is 2.23. The highest BCUT2D eigenvalue weighted by Gasteiger charge is 2.11. The lowest BCUT2D eigenvalue weighted by atomic mass is 10.2. The maximum absolute atomic E-state index is 5.86. The van der Waals surface area contributed by atoms with Gasteiger partial charge in [-0.1, -0.05) is 12.2 Å². The van der Waals surface area contributed by atoms with Gasteiger partial charge in [0.15, 0.2) is 5.96 Å². The molecular weight excluding hydrogens is 479 g/mol. The summed E-state index contributed by atoms with van der Waals surface area (Å²) in [5.41, 5.74) is 1.04. The van der Waals surface area contributed by atoms with Crippen LogP contribution in [0.4, 0.5) is 0 Å². The zero-order chi connectivity index (χ0) is 19.6. The fourth-order valence-electron chi connectivity index (χ4n) is 2.91. The van der Waals surface area contributed by atoms with Crippen molar-refractivity contribution in [2.75, 3.05) is 13.2 Å². The molecule has 3 rings (SSSR count). The van der Waals surface area contributed by atoms with Crippen LogP contribution in [-0.2, 0) is 6.54 Å². The third-order valence-corrected chi connectivity index (χ3v) is 4.27. The molecule has 29 heavy (non-hydrogen) atoms. The van der Waals surface area contributed by atoms with Gasteiger partial charge in [-0.25, -0.2) is 9.98 Å². The highest BCUT2D eigenvalue weighted by atomic mass is 127. The summed E-state index contributed by atoms with van der Waals surface area (Å²) >= 11 is 0. The Kier molecular flexibility index (Phi) is 9.76. The van der Waals surface area contributed by atoms with E-state index in [4.69, 9.17) is 14.5 Å². The van der Waals surface area contributed by atoms with Crippen molar-refractivity contribution in [2.45, 2.75) is 39.3 Å². The van der Waals surface area contributed by atoms with Gasteiger partial charge in [0.25, 0.3) is 0 Å². The van der Waals surface area contributed by atoms with Gasteiger partial charge in [-0.05, 0) is 62.6 Å². The largest absolute Gasteiger partial charge is 0.494 e. The molecule has 0 saturated heterocycles. The Balaban J connectivity index is 0.00000300. The topological polar surface area (TPSA) is 67.8 Å². The lowest BCUT2D eigenvalue weighted by Crippen LogP contribution is -2.42. The van der Waals surface area contributed by atoms with Crippen LogP contribution in [0.5, 0.6) is 17.4 Å². The van der Waals surface area contributed by atoms with E-state index in [0.717, 1.165) is 42.4 Å². The molecule has 2 aromatic rings. The maximum atomic E-state index is 5.86. The molecule has 6 nitrogen and oxygen atoms in total. The Hall–Kier alpha value is -2.29. The fraction of sp³-hybridized carbons (Fsp3) is 0.364. The van der Waals surface area contributed by atoms with Crippen LogP contribution in [0.1, 0.15) is 32.3 Å². The molecule has 0 aliphatic heterocycles. The van der Waals surface area contributed by atoms with Crippen LogP contribution in [0.15, 0.2) is 59.7 Å². The predicted molar refractivity (Wildman–Crippen MR) is 127 cm³/mol. The first-order valence-electron chi connectivity index (χ1n) is 9.82. The van der Waals surface area contributed by atoms with E-state index in [-0.39, 0.29) is 24.0 Å². The Morgan fingerprint density at radius 1 is 1.10 bits per heavy atom. The number of nitrogens with one attached hydrogen (secondary N) is 2. The molecule has 0 atom stereocenters. The summed E-state index contributed by atoms with van der Waals surface area (Å²) in [5, 5.41) is 6.78. The maximum Gasteiger partial charge on any atom is 0.219 e. The quantitative estimate of drug-likeness (QED) is 0.235. The molecule has 0 fully saturated rings. The second kappa shape index (κ2) is 12.3. The number of nitrogens with zero attached hydrogens (tertiary/aromatic N) is 2. The van der Waals surface area contributed by atoms with Crippen LogP contribution in [-0.4, -0.2) is 30.1 Å². The van der Waals surface area contributed by atoms with Gasteiger partial charge in [-0.2, -0.15) is 0 Å². The zero-order valence-electron chi connectivity index (χ0n) is 16.9. The number of hydrogen-bond acceptors (Lipinski definition) is 4. The molecule has 1 heterocycles. The van der Waals surface area contributed by atoms with Crippen molar-refractivity contribution in [2.24, 2.45) is 4.99 Å². The van der Waals surface area contributed by atoms with Crippen molar-refractivity contribution in [3.8, 4) is 17.4 Å². The lowest BCUT2D eigenvalue weighted by molar-refractivity contribution is 0.339. The summed E-state index contributed by atoms with van der Waals surface area (Å²) in [4.78, 5) is 8.99. The molecule has 0 radical (unpaired) electrons. The Morgan fingerprint density at radius 2 is 1.83 bits per heavy atom. The Bertz CT molecular complexity index is 801. The van der Waals surface area contributed by atoms with Gasteiger partial charge in [0.05, 0.1) is 13.2 Å². The number of pyridine rings is 1. The van der Waals surface area contributed by atoms with Gasteiger partial charge >= 0.3 is 0 Å². The van der Waals surface area contributed by atoms with Crippen molar-refractivity contribution in [3.63, 3.8) is 0 Å². The molecule has 1 aliphatic rings. The van der Waals surface area contributed by atoms with Crippen LogP contribution in [0, 0.1) is 0 Å². The second-order valence-corrected chi connectivity index (χ2v) is 6.49. The third-order valence-electron chi connectivity index (χ3n) is 4.27. The van der Waals surface area contributed by atoms with Gasteiger partial charge in [0.1, 0.15) is 11.5 Å². The smallest absolute Gasteiger partial charge is 0.219 e. The molecule has 7 heteroatoms. The number of hydrogen-bond donors (Lipinski definition) is 2. The monoisotopic (exact) mass is 508 g/mol. The van der Waals surface area contributed by atoms with Crippen molar-refractivity contribution < 1.29 is 9.47 Å². The molecule has 0 amide bonds. The number of guanidine groups is 1. The number of halogens is 1.